The molecule has 6 nitrogen and oxygen atoms in total. The monoisotopic (exact) mass is 577 g/mol. The fourth-order valence-electron chi connectivity index (χ4n) is 5.68. The molecule has 1 aliphatic carbocycles. The van der Waals surface area contributed by atoms with Crippen molar-refractivity contribution in [1.29, 1.82) is 0 Å². The van der Waals surface area contributed by atoms with Gasteiger partial charge in [-0.1, -0.05) is 62.4 Å². The molecule has 3 aromatic rings. The molecule has 0 aliphatic heterocycles. The van der Waals surface area contributed by atoms with Crippen LogP contribution in [0.15, 0.2) is 65.3 Å². The van der Waals surface area contributed by atoms with Crippen molar-refractivity contribution < 1.29 is 23.5 Å². The Labute approximate surface area is 248 Å². The van der Waals surface area contributed by atoms with Gasteiger partial charge in [0.25, 0.3) is 5.91 Å². The van der Waals surface area contributed by atoms with E-state index in [1.54, 1.807) is 18.0 Å². The van der Waals surface area contributed by atoms with E-state index in [1.807, 2.05) is 67.8 Å². The van der Waals surface area contributed by atoms with Crippen molar-refractivity contribution in [3.05, 3.63) is 83.3 Å². The van der Waals surface area contributed by atoms with Gasteiger partial charge in [0.1, 0.15) is 17.9 Å². The van der Waals surface area contributed by atoms with Gasteiger partial charge in [-0.2, -0.15) is 11.8 Å². The largest absolute Gasteiger partial charge is 0.467 e. The number of thioether (sulfide) groups is 1. The SMILES string of the molecule is COC(=O)[C@H](CCSC)NC(=O)c1ccc(COC(CCC2CCCCC2)c2ccco2)cc1-c1ccccc1C. The summed E-state index contributed by atoms with van der Waals surface area (Å²) < 4.78 is 17.2. The standard InChI is InChI=1S/C34H43NO5S/c1-24-10-7-8-13-27(24)29-22-26(15-17-28(29)33(36)35-30(19-21-41-3)34(37)38-2)23-40-32(31-14-9-20-39-31)18-16-25-11-5-4-6-12-25/h7-10,13-15,17,20,22,25,30,32H,4-6,11-12,16,18-19,21,23H2,1-3H3,(H,35,36)/t30-,32?/m0/s1. The Balaban J connectivity index is 1.55. The molecule has 1 N–H and O–H groups in total. The van der Waals surface area contributed by atoms with Gasteiger partial charge in [-0.05, 0) is 90.6 Å². The molecule has 1 amide bonds. The number of hydrogen-bond donors (Lipinski definition) is 1. The van der Waals surface area contributed by atoms with Crippen LogP contribution in [0.5, 0.6) is 0 Å². The zero-order chi connectivity index (χ0) is 29.0. The molecule has 41 heavy (non-hydrogen) atoms. The van der Waals surface area contributed by atoms with E-state index in [1.165, 1.54) is 39.2 Å². The van der Waals surface area contributed by atoms with Crippen LogP contribution in [0.25, 0.3) is 11.1 Å². The number of carbonyl (C=O) groups excluding carboxylic acids is 2. The highest BCUT2D eigenvalue weighted by molar-refractivity contribution is 7.98. The molecule has 220 valence electrons. The molecular formula is C34H43NO5S. The molecule has 0 bridgehead atoms. The summed E-state index contributed by atoms with van der Waals surface area (Å²) in [7, 11) is 1.35. The highest BCUT2D eigenvalue weighted by Crippen LogP contribution is 2.33. The molecule has 1 unspecified atom stereocenters. The van der Waals surface area contributed by atoms with E-state index in [4.69, 9.17) is 13.9 Å². The fraction of sp³-hybridized carbons (Fsp3) is 0.471. The number of rotatable bonds is 14. The molecule has 2 atom stereocenters. The average molecular weight is 578 g/mol. The van der Waals surface area contributed by atoms with Crippen molar-refractivity contribution in [3.8, 4) is 11.1 Å². The number of nitrogens with one attached hydrogen (secondary N) is 1. The second-order valence-electron chi connectivity index (χ2n) is 10.9. The van der Waals surface area contributed by atoms with E-state index < -0.39 is 12.0 Å². The molecule has 1 aliphatic rings. The molecule has 2 aromatic carbocycles. The molecule has 0 spiro atoms. The number of aryl methyl sites for hydroxylation is 1. The summed E-state index contributed by atoms with van der Waals surface area (Å²) in [4.78, 5) is 25.9. The van der Waals surface area contributed by atoms with Crippen LogP contribution in [-0.2, 0) is 20.9 Å². The Kier molecular flexibility index (Phi) is 11.9. The van der Waals surface area contributed by atoms with E-state index in [2.05, 4.69) is 5.32 Å². The minimum absolute atomic E-state index is 0.117. The molecule has 1 fully saturated rings. The van der Waals surface area contributed by atoms with Crippen LogP contribution in [0.2, 0.25) is 0 Å². The predicted molar refractivity (Wildman–Crippen MR) is 165 cm³/mol. The van der Waals surface area contributed by atoms with Gasteiger partial charge in [0, 0.05) is 5.56 Å². The van der Waals surface area contributed by atoms with Crippen LogP contribution in [0, 0.1) is 12.8 Å². The van der Waals surface area contributed by atoms with Crippen LogP contribution in [0.1, 0.15) is 84.7 Å². The molecule has 1 aromatic heterocycles. The Morgan fingerprint density at radius 1 is 1.02 bits per heavy atom. The van der Waals surface area contributed by atoms with Crippen molar-refractivity contribution in [2.24, 2.45) is 5.92 Å². The van der Waals surface area contributed by atoms with E-state index >= 15 is 0 Å². The Morgan fingerprint density at radius 2 is 1.83 bits per heavy atom. The van der Waals surface area contributed by atoms with Gasteiger partial charge in [-0.25, -0.2) is 4.79 Å². The van der Waals surface area contributed by atoms with Crippen molar-refractivity contribution in [3.63, 3.8) is 0 Å². The second kappa shape index (κ2) is 15.8. The van der Waals surface area contributed by atoms with Gasteiger partial charge < -0.3 is 19.2 Å². The van der Waals surface area contributed by atoms with Crippen molar-refractivity contribution in [1.82, 2.24) is 5.32 Å². The summed E-state index contributed by atoms with van der Waals surface area (Å²) in [5, 5.41) is 2.91. The number of ether oxygens (including phenoxy) is 2. The van der Waals surface area contributed by atoms with Gasteiger partial charge in [0.05, 0.1) is 20.0 Å². The van der Waals surface area contributed by atoms with Crippen LogP contribution < -0.4 is 5.32 Å². The summed E-state index contributed by atoms with van der Waals surface area (Å²) in [6, 6.07) is 17.0. The fourth-order valence-corrected chi connectivity index (χ4v) is 6.15. The summed E-state index contributed by atoms with van der Waals surface area (Å²) in [6.45, 7) is 2.43. The highest BCUT2D eigenvalue weighted by atomic mass is 32.2. The first-order valence-electron chi connectivity index (χ1n) is 14.7. The lowest BCUT2D eigenvalue weighted by atomic mass is 9.85. The van der Waals surface area contributed by atoms with Crippen molar-refractivity contribution in [2.75, 3.05) is 19.1 Å². The first-order valence-corrected chi connectivity index (χ1v) is 16.1. The second-order valence-corrected chi connectivity index (χ2v) is 11.9. The van der Waals surface area contributed by atoms with E-state index in [0.29, 0.717) is 18.6 Å². The molecular weight excluding hydrogens is 534 g/mol. The zero-order valence-corrected chi connectivity index (χ0v) is 25.3. The van der Waals surface area contributed by atoms with Crippen LogP contribution in [0.3, 0.4) is 0 Å². The normalized spacial score (nSPS) is 15.3. The van der Waals surface area contributed by atoms with Gasteiger partial charge >= 0.3 is 5.97 Å². The number of benzene rings is 2. The molecule has 1 saturated carbocycles. The molecule has 0 radical (unpaired) electrons. The minimum Gasteiger partial charge on any atom is -0.467 e. The number of esters is 1. The first-order chi connectivity index (χ1) is 20.0. The number of furan rings is 1. The quantitative estimate of drug-likeness (QED) is 0.196. The summed E-state index contributed by atoms with van der Waals surface area (Å²) >= 11 is 1.62. The molecule has 1 heterocycles. The van der Waals surface area contributed by atoms with Gasteiger partial charge in [0.15, 0.2) is 0 Å². The van der Waals surface area contributed by atoms with E-state index in [-0.39, 0.29) is 12.0 Å². The smallest absolute Gasteiger partial charge is 0.328 e. The Bertz CT molecular complexity index is 1250. The minimum atomic E-state index is -0.703. The lowest BCUT2D eigenvalue weighted by Gasteiger charge is -2.24. The number of methoxy groups -OCH3 is 1. The molecule has 7 heteroatoms. The third-order valence-corrected chi connectivity index (χ3v) is 8.68. The summed E-state index contributed by atoms with van der Waals surface area (Å²) in [6.07, 6.45) is 12.8. The maximum atomic E-state index is 13.5. The third kappa shape index (κ3) is 8.73. The Hall–Kier alpha value is -3.03. The van der Waals surface area contributed by atoms with Crippen molar-refractivity contribution >= 4 is 23.6 Å². The Morgan fingerprint density at radius 3 is 2.54 bits per heavy atom. The van der Waals surface area contributed by atoms with Crippen LogP contribution >= 0.6 is 11.8 Å². The number of amides is 1. The maximum absolute atomic E-state index is 13.5. The molecule has 0 saturated heterocycles. The van der Waals surface area contributed by atoms with E-state index in [9.17, 15) is 9.59 Å². The van der Waals surface area contributed by atoms with Gasteiger partial charge in [0.2, 0.25) is 0 Å². The third-order valence-electron chi connectivity index (χ3n) is 8.04. The first kappa shape index (κ1) is 30.9. The number of hydrogen-bond acceptors (Lipinski definition) is 6. The summed E-state index contributed by atoms with van der Waals surface area (Å²) in [5.74, 6) is 1.62. The van der Waals surface area contributed by atoms with Gasteiger partial charge in [-0.15, -0.1) is 0 Å². The maximum Gasteiger partial charge on any atom is 0.328 e. The topological polar surface area (TPSA) is 77.8 Å². The average Bonchev–Trinajstić information content (AvgIpc) is 3.54. The van der Waals surface area contributed by atoms with Crippen molar-refractivity contribution in [2.45, 2.75) is 77.0 Å². The highest BCUT2D eigenvalue weighted by Gasteiger charge is 2.24. The van der Waals surface area contributed by atoms with Gasteiger partial charge in [-0.3, -0.25) is 4.79 Å². The number of carbonyl (C=O) groups is 2. The summed E-state index contributed by atoms with van der Waals surface area (Å²) in [5.41, 5.74) is 4.33. The zero-order valence-electron chi connectivity index (χ0n) is 24.5. The molecule has 4 rings (SSSR count). The predicted octanol–water partition coefficient (Wildman–Crippen LogP) is 7.90. The lowest BCUT2D eigenvalue weighted by molar-refractivity contribution is -0.142. The van der Waals surface area contributed by atoms with Crippen LogP contribution in [0.4, 0.5) is 0 Å². The van der Waals surface area contributed by atoms with E-state index in [0.717, 1.165) is 52.5 Å². The lowest BCUT2D eigenvalue weighted by Crippen LogP contribution is -2.42. The van der Waals surface area contributed by atoms with Crippen LogP contribution in [-0.4, -0.2) is 37.0 Å².